The van der Waals surface area contributed by atoms with E-state index in [1.54, 1.807) is 29.2 Å². The number of alkyl halides is 3. The summed E-state index contributed by atoms with van der Waals surface area (Å²) in [6.07, 6.45) is -3.51. The summed E-state index contributed by atoms with van der Waals surface area (Å²) in [7, 11) is 0. The third-order valence-corrected chi connectivity index (χ3v) is 4.92. The van der Waals surface area contributed by atoms with Crippen molar-refractivity contribution in [3.63, 3.8) is 0 Å². The number of benzene rings is 2. The molecule has 172 valence electrons. The fourth-order valence-corrected chi connectivity index (χ4v) is 3.32. The van der Waals surface area contributed by atoms with Gasteiger partial charge in [-0.05, 0) is 48.9 Å². The van der Waals surface area contributed by atoms with Gasteiger partial charge in [0.15, 0.2) is 0 Å². The first-order valence-electron chi connectivity index (χ1n) is 10.2. The van der Waals surface area contributed by atoms with E-state index in [2.05, 4.69) is 5.32 Å². The standard InChI is InChI=1S/C24H22F3N3O3/c1-2-30(19-7-4-3-5-8-19)22(32)15-17-10-12-18(13-11-17)28-21(31)16-29-14-6-9-20(23(29)33)24(25,26)27/h3-14H,2,15-16H2,1H3,(H,28,31). The summed E-state index contributed by atoms with van der Waals surface area (Å²) in [5.74, 6) is -0.731. The smallest absolute Gasteiger partial charge is 0.325 e. The Morgan fingerprint density at radius 3 is 2.24 bits per heavy atom. The lowest BCUT2D eigenvalue weighted by Gasteiger charge is -2.21. The van der Waals surface area contributed by atoms with Crippen LogP contribution >= 0.6 is 0 Å². The van der Waals surface area contributed by atoms with Crippen molar-refractivity contribution < 1.29 is 22.8 Å². The zero-order valence-electron chi connectivity index (χ0n) is 17.8. The lowest BCUT2D eigenvalue weighted by Crippen LogP contribution is -2.32. The van der Waals surface area contributed by atoms with Gasteiger partial charge in [-0.15, -0.1) is 0 Å². The third kappa shape index (κ3) is 6.09. The van der Waals surface area contributed by atoms with Crippen LogP contribution in [0.15, 0.2) is 77.7 Å². The maximum atomic E-state index is 12.9. The second-order valence-electron chi connectivity index (χ2n) is 7.25. The van der Waals surface area contributed by atoms with E-state index in [-0.39, 0.29) is 12.3 Å². The van der Waals surface area contributed by atoms with Gasteiger partial charge in [-0.3, -0.25) is 14.4 Å². The molecule has 3 aromatic rings. The number of carbonyl (C=O) groups is 2. The molecule has 3 rings (SSSR count). The number of amides is 2. The molecule has 0 fully saturated rings. The normalized spacial score (nSPS) is 11.2. The molecule has 1 N–H and O–H groups in total. The Morgan fingerprint density at radius 2 is 1.64 bits per heavy atom. The molecular weight excluding hydrogens is 435 g/mol. The minimum Gasteiger partial charge on any atom is -0.325 e. The third-order valence-electron chi connectivity index (χ3n) is 4.92. The number of carbonyl (C=O) groups excluding carboxylic acids is 2. The van der Waals surface area contributed by atoms with E-state index in [1.807, 2.05) is 37.3 Å². The summed E-state index contributed by atoms with van der Waals surface area (Å²) in [6.45, 7) is 1.84. The minimum absolute atomic E-state index is 0.0793. The zero-order chi connectivity index (χ0) is 24.0. The second kappa shape index (κ2) is 10.2. The molecule has 0 unspecified atom stereocenters. The molecule has 0 spiro atoms. The number of rotatable bonds is 7. The van der Waals surface area contributed by atoms with Crippen LogP contribution in [-0.2, 0) is 28.7 Å². The summed E-state index contributed by atoms with van der Waals surface area (Å²) in [5, 5.41) is 2.54. The molecule has 0 bridgehead atoms. The monoisotopic (exact) mass is 457 g/mol. The van der Waals surface area contributed by atoms with Gasteiger partial charge in [-0.1, -0.05) is 30.3 Å². The number of halogens is 3. The molecule has 0 saturated carbocycles. The summed E-state index contributed by atoms with van der Waals surface area (Å²) in [4.78, 5) is 38.5. The zero-order valence-corrected chi connectivity index (χ0v) is 17.8. The van der Waals surface area contributed by atoms with Crippen molar-refractivity contribution in [2.75, 3.05) is 16.8 Å². The van der Waals surface area contributed by atoms with Crippen molar-refractivity contribution in [2.24, 2.45) is 0 Å². The number of aromatic nitrogens is 1. The highest BCUT2D eigenvalue weighted by Crippen LogP contribution is 2.26. The molecule has 1 heterocycles. The Bertz CT molecular complexity index is 1170. The number of hydrogen-bond acceptors (Lipinski definition) is 3. The molecule has 0 aliphatic carbocycles. The summed E-state index contributed by atoms with van der Waals surface area (Å²) in [5.41, 5.74) is -0.678. The van der Waals surface area contributed by atoms with Crippen molar-refractivity contribution in [3.05, 3.63) is 94.4 Å². The first-order chi connectivity index (χ1) is 15.7. The molecule has 0 aliphatic heterocycles. The van der Waals surface area contributed by atoms with E-state index >= 15 is 0 Å². The number of pyridine rings is 1. The van der Waals surface area contributed by atoms with Crippen LogP contribution in [0, 0.1) is 0 Å². The Hall–Kier alpha value is -3.88. The summed E-state index contributed by atoms with van der Waals surface area (Å²) >= 11 is 0. The van der Waals surface area contributed by atoms with E-state index in [0.717, 1.165) is 23.5 Å². The van der Waals surface area contributed by atoms with E-state index in [4.69, 9.17) is 0 Å². The average molecular weight is 457 g/mol. The molecule has 1 aromatic heterocycles. The van der Waals surface area contributed by atoms with E-state index < -0.39 is 29.8 Å². The minimum atomic E-state index is -4.79. The van der Waals surface area contributed by atoms with Gasteiger partial charge >= 0.3 is 6.18 Å². The maximum Gasteiger partial charge on any atom is 0.421 e. The summed E-state index contributed by atoms with van der Waals surface area (Å²) in [6, 6.07) is 17.6. The number of likely N-dealkylation sites (N-methyl/N-ethyl adjacent to an activating group) is 1. The first kappa shape index (κ1) is 23.8. The van der Waals surface area contributed by atoms with Crippen molar-refractivity contribution in [1.29, 1.82) is 0 Å². The summed E-state index contributed by atoms with van der Waals surface area (Å²) < 4.78 is 39.3. The molecule has 0 radical (unpaired) electrons. The van der Waals surface area contributed by atoms with Crippen LogP contribution in [0.3, 0.4) is 0 Å². The Kier molecular flexibility index (Phi) is 7.32. The van der Waals surface area contributed by atoms with Crippen LogP contribution < -0.4 is 15.8 Å². The predicted octanol–water partition coefficient (Wildman–Crippen LogP) is 4.10. The Morgan fingerprint density at radius 1 is 0.970 bits per heavy atom. The molecule has 2 amide bonds. The molecule has 0 atom stereocenters. The van der Waals surface area contributed by atoms with Crippen LogP contribution in [0.2, 0.25) is 0 Å². The predicted molar refractivity (Wildman–Crippen MR) is 119 cm³/mol. The Labute approximate surface area is 188 Å². The number of nitrogens with zero attached hydrogens (tertiary/aromatic N) is 2. The average Bonchev–Trinajstić information content (AvgIpc) is 2.77. The van der Waals surface area contributed by atoms with Crippen molar-refractivity contribution in [3.8, 4) is 0 Å². The van der Waals surface area contributed by atoms with E-state index in [0.29, 0.717) is 22.9 Å². The fourth-order valence-electron chi connectivity index (χ4n) is 3.32. The maximum absolute atomic E-state index is 12.9. The van der Waals surface area contributed by atoms with Gasteiger partial charge in [0.25, 0.3) is 5.56 Å². The van der Waals surface area contributed by atoms with E-state index in [9.17, 15) is 27.6 Å². The van der Waals surface area contributed by atoms with Crippen LogP contribution in [0.5, 0.6) is 0 Å². The van der Waals surface area contributed by atoms with Gasteiger partial charge in [-0.25, -0.2) is 0 Å². The highest BCUT2D eigenvalue weighted by atomic mass is 19.4. The molecule has 0 aliphatic rings. The molecule has 33 heavy (non-hydrogen) atoms. The number of nitrogens with one attached hydrogen (secondary N) is 1. The van der Waals surface area contributed by atoms with Gasteiger partial charge < -0.3 is 14.8 Å². The molecule has 6 nitrogen and oxygen atoms in total. The number of hydrogen-bond donors (Lipinski definition) is 1. The van der Waals surface area contributed by atoms with Gasteiger partial charge in [0.1, 0.15) is 12.1 Å². The van der Waals surface area contributed by atoms with Gasteiger partial charge in [0.05, 0.1) is 6.42 Å². The lowest BCUT2D eigenvalue weighted by atomic mass is 10.1. The van der Waals surface area contributed by atoms with Crippen LogP contribution in [-0.4, -0.2) is 22.9 Å². The Balaban J connectivity index is 1.62. The topological polar surface area (TPSA) is 71.4 Å². The molecule has 9 heteroatoms. The fraction of sp³-hybridized carbons (Fsp3) is 0.208. The number of anilines is 2. The van der Waals surface area contributed by atoms with Gasteiger partial charge in [0, 0.05) is 24.1 Å². The largest absolute Gasteiger partial charge is 0.421 e. The lowest BCUT2D eigenvalue weighted by molar-refractivity contribution is -0.139. The highest BCUT2D eigenvalue weighted by molar-refractivity contribution is 5.95. The van der Waals surface area contributed by atoms with Crippen molar-refractivity contribution in [2.45, 2.75) is 26.1 Å². The molecule has 0 saturated heterocycles. The molecular formula is C24H22F3N3O3. The van der Waals surface area contributed by atoms with Crippen LogP contribution in [0.4, 0.5) is 24.5 Å². The highest BCUT2D eigenvalue weighted by Gasteiger charge is 2.34. The van der Waals surface area contributed by atoms with Crippen LogP contribution in [0.1, 0.15) is 18.1 Å². The van der Waals surface area contributed by atoms with Gasteiger partial charge in [-0.2, -0.15) is 13.2 Å². The first-order valence-corrected chi connectivity index (χ1v) is 10.2. The quantitative estimate of drug-likeness (QED) is 0.581. The SMILES string of the molecule is CCN(C(=O)Cc1ccc(NC(=O)Cn2cccc(C(F)(F)F)c2=O)cc1)c1ccccc1. The van der Waals surface area contributed by atoms with Crippen molar-refractivity contribution in [1.82, 2.24) is 4.57 Å². The van der Waals surface area contributed by atoms with E-state index in [1.165, 1.54) is 0 Å². The second-order valence-corrected chi connectivity index (χ2v) is 7.25. The van der Waals surface area contributed by atoms with Gasteiger partial charge in [0.2, 0.25) is 11.8 Å². The number of para-hydroxylation sites is 1. The molecule has 2 aromatic carbocycles. The van der Waals surface area contributed by atoms with Crippen LogP contribution in [0.25, 0.3) is 0 Å². The van der Waals surface area contributed by atoms with Crippen molar-refractivity contribution >= 4 is 23.2 Å².